The van der Waals surface area contributed by atoms with Crippen molar-refractivity contribution in [2.24, 2.45) is 0 Å². The van der Waals surface area contributed by atoms with E-state index in [1.54, 1.807) is 11.1 Å². The van der Waals surface area contributed by atoms with E-state index in [9.17, 15) is 4.79 Å². The number of likely N-dealkylation sites (tertiary alicyclic amines) is 1. The summed E-state index contributed by atoms with van der Waals surface area (Å²) in [6.45, 7) is 1.55. The Balaban J connectivity index is 1.38. The lowest BCUT2D eigenvalue weighted by molar-refractivity contribution is -0.147. The molecule has 0 spiro atoms. The van der Waals surface area contributed by atoms with E-state index in [0.29, 0.717) is 24.6 Å². The van der Waals surface area contributed by atoms with Gasteiger partial charge in [-0.25, -0.2) is 0 Å². The fraction of sp³-hybridized carbons (Fsp3) is 0.333. The summed E-state index contributed by atoms with van der Waals surface area (Å²) in [5.41, 5.74) is 0. The second kappa shape index (κ2) is 5.31. The Bertz CT molecular complexity index is 712. The first-order chi connectivity index (χ1) is 10.7. The van der Waals surface area contributed by atoms with Gasteiger partial charge in [0.1, 0.15) is 6.61 Å². The van der Waals surface area contributed by atoms with Crippen molar-refractivity contribution in [3.8, 4) is 11.5 Å². The van der Waals surface area contributed by atoms with Crippen LogP contribution in [0.15, 0.2) is 41.1 Å². The summed E-state index contributed by atoms with van der Waals surface area (Å²) >= 11 is 3.38. The molecular weight excluding hydrogens is 350 g/mol. The quantitative estimate of drug-likeness (QED) is 0.817. The Morgan fingerprint density at radius 2 is 2.05 bits per heavy atom. The lowest BCUT2D eigenvalue weighted by atomic mass is 10.1. The average Bonchev–Trinajstić information content (AvgIpc) is 2.91. The normalized spacial score (nSPS) is 20.6. The Hall–Kier alpha value is -2.02. The van der Waals surface area contributed by atoms with Crippen molar-refractivity contribution in [2.75, 3.05) is 19.7 Å². The summed E-state index contributed by atoms with van der Waals surface area (Å²) in [5, 5.41) is 4.25. The van der Waals surface area contributed by atoms with Gasteiger partial charge in [-0.15, -0.1) is 0 Å². The molecule has 0 bridgehead atoms. The van der Waals surface area contributed by atoms with Crippen LogP contribution in [0.1, 0.15) is 6.04 Å². The molecular formula is C15H14BrN3O3. The number of halogens is 1. The molecule has 2 aliphatic heterocycles. The van der Waals surface area contributed by atoms with Gasteiger partial charge in [-0.2, -0.15) is 5.10 Å². The monoisotopic (exact) mass is 363 g/mol. The number of para-hydroxylation sites is 2. The van der Waals surface area contributed by atoms with Gasteiger partial charge in [0, 0.05) is 19.3 Å². The number of amides is 1. The van der Waals surface area contributed by atoms with Gasteiger partial charge in [-0.05, 0) is 28.1 Å². The van der Waals surface area contributed by atoms with Crippen molar-refractivity contribution < 1.29 is 14.3 Å². The summed E-state index contributed by atoms with van der Waals surface area (Å²) < 4.78 is 14.2. The summed E-state index contributed by atoms with van der Waals surface area (Å²) in [5.74, 6) is 1.28. The number of hydrogen-bond donors (Lipinski definition) is 0. The SMILES string of the molecule is O=C(C1COc2ccccc2O1)N1CC(n2cc(Br)cn2)C1. The maximum absolute atomic E-state index is 12.5. The van der Waals surface area contributed by atoms with Crippen LogP contribution in [0.3, 0.4) is 0 Å². The van der Waals surface area contributed by atoms with Crippen molar-refractivity contribution in [2.45, 2.75) is 12.1 Å². The molecule has 0 N–H and O–H groups in total. The van der Waals surface area contributed by atoms with Gasteiger partial charge in [0.25, 0.3) is 5.91 Å². The first-order valence-corrected chi connectivity index (χ1v) is 7.87. The molecule has 22 heavy (non-hydrogen) atoms. The molecule has 0 aliphatic carbocycles. The largest absolute Gasteiger partial charge is 0.485 e. The lowest BCUT2D eigenvalue weighted by Gasteiger charge is -2.41. The maximum atomic E-state index is 12.5. The second-order valence-corrected chi connectivity index (χ2v) is 6.32. The predicted molar refractivity (Wildman–Crippen MR) is 81.9 cm³/mol. The molecule has 1 atom stereocenters. The van der Waals surface area contributed by atoms with Crippen LogP contribution in [-0.4, -0.2) is 46.4 Å². The maximum Gasteiger partial charge on any atom is 0.267 e. The predicted octanol–water partition coefficient (Wildman–Crippen LogP) is 1.87. The molecule has 1 aromatic carbocycles. The number of rotatable bonds is 2. The van der Waals surface area contributed by atoms with Crippen molar-refractivity contribution in [3.63, 3.8) is 0 Å². The molecule has 114 valence electrons. The molecule has 1 amide bonds. The zero-order valence-corrected chi connectivity index (χ0v) is 13.3. The smallest absolute Gasteiger partial charge is 0.267 e. The van der Waals surface area contributed by atoms with Crippen LogP contribution < -0.4 is 9.47 Å². The standard InChI is InChI=1S/C15H14BrN3O3/c16-10-5-17-19(6-10)11-7-18(8-11)15(20)14-9-21-12-3-1-2-4-13(12)22-14/h1-6,11,14H,7-9H2. The second-order valence-electron chi connectivity index (χ2n) is 5.40. The van der Waals surface area contributed by atoms with E-state index in [2.05, 4.69) is 21.0 Å². The van der Waals surface area contributed by atoms with Gasteiger partial charge >= 0.3 is 0 Å². The topological polar surface area (TPSA) is 56.6 Å². The number of aromatic nitrogens is 2. The highest BCUT2D eigenvalue weighted by molar-refractivity contribution is 9.10. The zero-order chi connectivity index (χ0) is 15.1. The molecule has 1 unspecified atom stereocenters. The Kier molecular flexibility index (Phi) is 3.29. The minimum atomic E-state index is -0.569. The molecule has 6 nitrogen and oxygen atoms in total. The Labute approximate surface area is 135 Å². The number of benzene rings is 1. The van der Waals surface area contributed by atoms with Crippen molar-refractivity contribution >= 4 is 21.8 Å². The minimum absolute atomic E-state index is 0.0306. The Morgan fingerprint density at radius 3 is 2.77 bits per heavy atom. The fourth-order valence-electron chi connectivity index (χ4n) is 2.66. The van der Waals surface area contributed by atoms with E-state index in [4.69, 9.17) is 9.47 Å². The first kappa shape index (κ1) is 13.6. The molecule has 4 rings (SSSR count). The molecule has 0 saturated carbocycles. The highest BCUT2D eigenvalue weighted by Gasteiger charge is 2.38. The van der Waals surface area contributed by atoms with Gasteiger partial charge in [0.2, 0.25) is 6.10 Å². The molecule has 1 fully saturated rings. The highest BCUT2D eigenvalue weighted by atomic mass is 79.9. The number of hydrogen-bond acceptors (Lipinski definition) is 4. The third kappa shape index (κ3) is 2.35. The van der Waals surface area contributed by atoms with E-state index in [-0.39, 0.29) is 18.6 Å². The molecule has 0 radical (unpaired) electrons. The number of nitrogens with zero attached hydrogens (tertiary/aromatic N) is 3. The average molecular weight is 364 g/mol. The van der Waals surface area contributed by atoms with E-state index in [0.717, 1.165) is 4.47 Å². The van der Waals surface area contributed by atoms with Crippen LogP contribution in [0.5, 0.6) is 11.5 Å². The highest BCUT2D eigenvalue weighted by Crippen LogP contribution is 2.32. The van der Waals surface area contributed by atoms with Gasteiger partial charge in [-0.1, -0.05) is 12.1 Å². The van der Waals surface area contributed by atoms with E-state index in [1.165, 1.54) is 0 Å². The van der Waals surface area contributed by atoms with Crippen molar-refractivity contribution in [3.05, 3.63) is 41.1 Å². The van der Waals surface area contributed by atoms with Gasteiger partial charge in [0.05, 0.1) is 16.7 Å². The fourth-order valence-corrected chi connectivity index (χ4v) is 2.96. The number of carbonyl (C=O) groups is 1. The van der Waals surface area contributed by atoms with Gasteiger partial charge in [0.15, 0.2) is 11.5 Å². The van der Waals surface area contributed by atoms with E-state index in [1.807, 2.05) is 35.1 Å². The molecule has 1 saturated heterocycles. The van der Waals surface area contributed by atoms with Crippen LogP contribution >= 0.6 is 15.9 Å². The molecule has 2 aliphatic rings. The van der Waals surface area contributed by atoms with Crippen LogP contribution in [0, 0.1) is 0 Å². The van der Waals surface area contributed by atoms with Crippen LogP contribution in [0.4, 0.5) is 0 Å². The molecule has 2 aromatic rings. The molecule has 1 aromatic heterocycles. The summed E-state index contributed by atoms with van der Waals surface area (Å²) in [4.78, 5) is 14.2. The van der Waals surface area contributed by atoms with Crippen molar-refractivity contribution in [1.29, 1.82) is 0 Å². The lowest BCUT2D eigenvalue weighted by Crippen LogP contribution is -2.56. The van der Waals surface area contributed by atoms with Crippen molar-refractivity contribution in [1.82, 2.24) is 14.7 Å². The number of ether oxygens (including phenoxy) is 2. The third-order valence-corrected chi connectivity index (χ3v) is 4.31. The van der Waals surface area contributed by atoms with E-state index >= 15 is 0 Å². The first-order valence-electron chi connectivity index (χ1n) is 7.07. The molecule has 7 heteroatoms. The summed E-state index contributed by atoms with van der Waals surface area (Å²) in [7, 11) is 0. The van der Waals surface area contributed by atoms with Crippen LogP contribution in [-0.2, 0) is 4.79 Å². The Morgan fingerprint density at radius 1 is 1.27 bits per heavy atom. The third-order valence-electron chi connectivity index (χ3n) is 3.90. The van der Waals surface area contributed by atoms with Crippen LogP contribution in [0.25, 0.3) is 0 Å². The van der Waals surface area contributed by atoms with Crippen LogP contribution in [0.2, 0.25) is 0 Å². The number of fused-ring (bicyclic) bond motifs is 1. The minimum Gasteiger partial charge on any atom is -0.485 e. The zero-order valence-electron chi connectivity index (χ0n) is 11.7. The van der Waals surface area contributed by atoms with Gasteiger partial charge in [-0.3, -0.25) is 9.48 Å². The number of carbonyl (C=O) groups excluding carboxylic acids is 1. The summed E-state index contributed by atoms with van der Waals surface area (Å²) in [6, 6.07) is 7.63. The van der Waals surface area contributed by atoms with E-state index < -0.39 is 6.10 Å². The summed E-state index contributed by atoms with van der Waals surface area (Å²) in [6.07, 6.45) is 3.10. The van der Waals surface area contributed by atoms with Gasteiger partial charge < -0.3 is 14.4 Å². The molecule has 3 heterocycles.